The zero-order chi connectivity index (χ0) is 19.2. The number of carbonyl (C=O) groups excluding carboxylic acids is 2. The summed E-state index contributed by atoms with van der Waals surface area (Å²) in [6.07, 6.45) is 3.06. The minimum atomic E-state index is -2.67. The van der Waals surface area contributed by atoms with Crippen molar-refractivity contribution >= 4 is 39.2 Å². The van der Waals surface area contributed by atoms with E-state index in [4.69, 9.17) is 8.85 Å². The number of nitrogens with zero attached hydrogens (tertiary/aromatic N) is 2. The molecule has 0 amide bonds. The standard InChI is InChI=1S/C18H20N2O4Si2/c1-25(2,3)26(4,23-17-9-5-7-15(11-17)19-13-21)24-18-10-6-8-16(12-18)20-14-22/h5-12H,1-4H3. The van der Waals surface area contributed by atoms with Gasteiger partial charge in [0.1, 0.15) is 19.1 Å². The monoisotopic (exact) mass is 384 g/mol. The van der Waals surface area contributed by atoms with Crippen LogP contribution in [0.1, 0.15) is 0 Å². The zero-order valence-corrected chi connectivity index (χ0v) is 17.1. The van der Waals surface area contributed by atoms with E-state index in [-0.39, 0.29) is 0 Å². The molecule has 0 saturated carbocycles. The van der Waals surface area contributed by atoms with E-state index in [2.05, 4.69) is 29.6 Å². The Hall–Kier alpha value is -2.77. The van der Waals surface area contributed by atoms with E-state index in [1.54, 1.807) is 36.4 Å². The van der Waals surface area contributed by atoms with Crippen LogP contribution in [0.4, 0.5) is 11.4 Å². The average molecular weight is 385 g/mol. The van der Waals surface area contributed by atoms with Crippen molar-refractivity contribution in [3.63, 3.8) is 0 Å². The average Bonchev–Trinajstić information content (AvgIpc) is 2.55. The number of hydrogen-bond acceptors (Lipinski definition) is 6. The number of hydrogen-bond donors (Lipinski definition) is 0. The van der Waals surface area contributed by atoms with Gasteiger partial charge in [-0.25, -0.2) is 9.59 Å². The normalized spacial score (nSPS) is 12.9. The molecule has 2 rings (SSSR count). The highest BCUT2D eigenvalue weighted by atomic mass is 29.3. The van der Waals surface area contributed by atoms with E-state index in [0.717, 1.165) is 0 Å². The van der Waals surface area contributed by atoms with E-state index in [0.29, 0.717) is 22.9 Å². The van der Waals surface area contributed by atoms with Crippen molar-refractivity contribution in [1.29, 1.82) is 0 Å². The highest BCUT2D eigenvalue weighted by Gasteiger charge is 2.50. The molecule has 2 aromatic carbocycles. The number of isocyanates is 2. The predicted molar refractivity (Wildman–Crippen MR) is 105 cm³/mol. The minimum Gasteiger partial charge on any atom is -0.515 e. The fraction of sp³-hybridized carbons (Fsp3) is 0.222. The molecule has 0 atom stereocenters. The topological polar surface area (TPSA) is 77.3 Å². The van der Waals surface area contributed by atoms with Crippen LogP contribution >= 0.6 is 0 Å². The molecule has 134 valence electrons. The lowest BCUT2D eigenvalue weighted by molar-refractivity contribution is 0.414. The van der Waals surface area contributed by atoms with Gasteiger partial charge in [-0.3, -0.25) is 0 Å². The molecule has 0 N–H and O–H groups in total. The van der Waals surface area contributed by atoms with Crippen molar-refractivity contribution in [3.05, 3.63) is 48.5 Å². The van der Waals surface area contributed by atoms with Gasteiger partial charge >= 0.3 is 8.08 Å². The molecule has 0 radical (unpaired) electrons. The van der Waals surface area contributed by atoms with Gasteiger partial charge in [0.2, 0.25) is 12.2 Å². The molecule has 2 aromatic rings. The molecular formula is C18H20N2O4Si2. The summed E-state index contributed by atoms with van der Waals surface area (Å²) < 4.78 is 12.7. The zero-order valence-electron chi connectivity index (χ0n) is 15.1. The van der Waals surface area contributed by atoms with E-state index < -0.39 is 15.7 Å². The van der Waals surface area contributed by atoms with Crippen LogP contribution in [0.5, 0.6) is 11.5 Å². The Bertz CT molecular complexity index is 819. The van der Waals surface area contributed by atoms with Gasteiger partial charge in [0.15, 0.2) is 0 Å². The van der Waals surface area contributed by atoms with Gasteiger partial charge in [0.05, 0.1) is 11.4 Å². The molecule has 0 fully saturated rings. The van der Waals surface area contributed by atoms with E-state index in [1.165, 1.54) is 12.2 Å². The first-order valence-electron chi connectivity index (χ1n) is 8.01. The molecule has 0 aliphatic heterocycles. The molecule has 0 saturated heterocycles. The number of benzene rings is 2. The van der Waals surface area contributed by atoms with Gasteiger partial charge in [-0.05, 0) is 30.8 Å². The van der Waals surface area contributed by atoms with E-state index in [1.807, 2.05) is 18.7 Å². The summed E-state index contributed by atoms with van der Waals surface area (Å²) in [4.78, 5) is 28.2. The lowest BCUT2D eigenvalue weighted by Crippen LogP contribution is -2.64. The summed E-state index contributed by atoms with van der Waals surface area (Å²) in [7, 11) is -4.54. The summed E-state index contributed by atoms with van der Waals surface area (Å²) in [6.45, 7) is 8.56. The molecule has 0 bridgehead atoms. The molecule has 26 heavy (non-hydrogen) atoms. The second kappa shape index (κ2) is 8.08. The molecule has 0 aromatic heterocycles. The summed E-state index contributed by atoms with van der Waals surface area (Å²) in [5, 5.41) is 0. The van der Waals surface area contributed by atoms with E-state index >= 15 is 0 Å². The summed E-state index contributed by atoms with van der Waals surface area (Å²) in [5.74, 6) is 1.19. The van der Waals surface area contributed by atoms with E-state index in [9.17, 15) is 9.59 Å². The Kier molecular flexibility index (Phi) is 6.07. The second-order valence-electron chi connectivity index (χ2n) is 6.80. The molecule has 0 aliphatic carbocycles. The Morgan fingerprint density at radius 1 is 0.769 bits per heavy atom. The first-order chi connectivity index (χ1) is 12.3. The van der Waals surface area contributed by atoms with Crippen LogP contribution in [0.25, 0.3) is 0 Å². The Morgan fingerprint density at radius 3 is 1.54 bits per heavy atom. The van der Waals surface area contributed by atoms with Gasteiger partial charge in [-0.15, -0.1) is 0 Å². The van der Waals surface area contributed by atoms with Crippen LogP contribution in [0.2, 0.25) is 26.2 Å². The van der Waals surface area contributed by atoms with Crippen LogP contribution in [-0.4, -0.2) is 27.8 Å². The summed E-state index contributed by atoms with van der Waals surface area (Å²) in [6, 6.07) is 13.9. The van der Waals surface area contributed by atoms with Crippen molar-refractivity contribution in [3.8, 4) is 11.5 Å². The Morgan fingerprint density at radius 2 is 1.19 bits per heavy atom. The van der Waals surface area contributed by atoms with Gasteiger partial charge in [-0.2, -0.15) is 9.98 Å². The van der Waals surface area contributed by atoms with Crippen LogP contribution in [-0.2, 0) is 9.59 Å². The fourth-order valence-corrected chi connectivity index (χ4v) is 6.47. The van der Waals surface area contributed by atoms with Crippen molar-refractivity contribution < 1.29 is 18.4 Å². The van der Waals surface area contributed by atoms with Crippen LogP contribution in [0.3, 0.4) is 0 Å². The maximum Gasteiger partial charge on any atom is 0.427 e. The SMILES string of the molecule is C[Si](C)(C)[Si](C)(Oc1cccc(N=C=O)c1)Oc1cccc(N=C=O)c1. The molecule has 0 unspecified atom stereocenters. The maximum absolute atomic E-state index is 10.5. The molecule has 0 aliphatic rings. The van der Waals surface area contributed by atoms with Gasteiger partial charge in [0.25, 0.3) is 0 Å². The number of aliphatic imine (C=N–C) groups is 2. The highest BCUT2D eigenvalue weighted by Crippen LogP contribution is 2.30. The fourth-order valence-electron chi connectivity index (χ4n) is 2.12. The van der Waals surface area contributed by atoms with Gasteiger partial charge in [0, 0.05) is 12.1 Å². The lowest BCUT2D eigenvalue weighted by Gasteiger charge is -2.37. The quantitative estimate of drug-likeness (QED) is 0.398. The van der Waals surface area contributed by atoms with Crippen LogP contribution < -0.4 is 8.85 Å². The van der Waals surface area contributed by atoms with Crippen molar-refractivity contribution in [1.82, 2.24) is 0 Å². The maximum atomic E-state index is 10.5. The summed E-state index contributed by atoms with van der Waals surface area (Å²) in [5.41, 5.74) is 0.957. The largest absolute Gasteiger partial charge is 0.515 e. The van der Waals surface area contributed by atoms with Gasteiger partial charge < -0.3 is 8.85 Å². The van der Waals surface area contributed by atoms with Crippen molar-refractivity contribution in [2.24, 2.45) is 9.98 Å². The smallest absolute Gasteiger partial charge is 0.427 e. The molecular weight excluding hydrogens is 364 g/mol. The Balaban J connectivity index is 2.36. The number of rotatable bonds is 7. The summed E-state index contributed by atoms with van der Waals surface area (Å²) >= 11 is 0. The molecule has 6 nitrogen and oxygen atoms in total. The minimum absolute atomic E-state index is 0.478. The first-order valence-corrected chi connectivity index (χ1v) is 14.8. The first kappa shape index (κ1) is 19.6. The lowest BCUT2D eigenvalue weighted by atomic mass is 10.3. The second-order valence-corrected chi connectivity index (χ2v) is 20.8. The molecule has 0 heterocycles. The van der Waals surface area contributed by atoms with Crippen molar-refractivity contribution in [2.45, 2.75) is 26.2 Å². The predicted octanol–water partition coefficient (Wildman–Crippen LogP) is 4.57. The van der Waals surface area contributed by atoms with Gasteiger partial charge in [-0.1, -0.05) is 31.8 Å². The van der Waals surface area contributed by atoms with Crippen LogP contribution in [0.15, 0.2) is 58.5 Å². The molecule has 0 spiro atoms. The third-order valence-electron chi connectivity index (χ3n) is 3.97. The van der Waals surface area contributed by atoms with Crippen LogP contribution in [0, 0.1) is 0 Å². The third-order valence-corrected chi connectivity index (χ3v) is 16.7. The highest BCUT2D eigenvalue weighted by molar-refractivity contribution is 7.36. The van der Waals surface area contributed by atoms with Crippen molar-refractivity contribution in [2.75, 3.05) is 0 Å². The third kappa shape index (κ3) is 4.87. The molecule has 8 heteroatoms. The Labute approximate surface area is 154 Å².